The molecule has 1 heteroatoms. The smallest absolute Gasteiger partial charge is 0.0817 e. The Kier molecular flexibility index (Phi) is 3.82. The van der Waals surface area contributed by atoms with E-state index in [0.717, 1.165) is 6.42 Å². The van der Waals surface area contributed by atoms with Gasteiger partial charge < -0.3 is 0 Å². The van der Waals surface area contributed by atoms with Crippen molar-refractivity contribution < 1.29 is 0 Å². The Morgan fingerprint density at radius 2 is 1.38 bits per heavy atom. The van der Waals surface area contributed by atoms with Crippen LogP contribution in [-0.4, -0.2) is 6.71 Å². The average Bonchev–Trinajstić information content (AvgIpc) is 2.38. The molecule has 0 spiro atoms. The van der Waals surface area contributed by atoms with Gasteiger partial charge in [0.15, 0.2) is 6.71 Å². The van der Waals surface area contributed by atoms with Crippen molar-refractivity contribution in [1.82, 2.24) is 0 Å². The molecule has 0 nitrogen and oxygen atoms in total. The largest absolute Gasteiger partial charge is 0.173 e. The molecule has 0 saturated heterocycles. The molecular formula is C15H17B. The molecule has 0 amide bonds. The summed E-state index contributed by atoms with van der Waals surface area (Å²) in [5.74, 6) is 0. The third-order valence-electron chi connectivity index (χ3n) is 3.08. The maximum absolute atomic E-state index is 2.30. The van der Waals surface area contributed by atoms with E-state index in [1.807, 2.05) is 0 Å². The summed E-state index contributed by atoms with van der Waals surface area (Å²) in [5.41, 5.74) is 2.88. The second kappa shape index (κ2) is 5.55. The third-order valence-corrected chi connectivity index (χ3v) is 3.08. The standard InChI is InChI=1S/C15H17B/c1-16(15-10-6-3-7-11-15)13-12-14-8-4-2-5-9-14/h2-11H,12-13H2,1H3. The highest BCUT2D eigenvalue weighted by atomic mass is 13.9. The van der Waals surface area contributed by atoms with E-state index in [4.69, 9.17) is 0 Å². The van der Waals surface area contributed by atoms with Crippen molar-refractivity contribution in [3.05, 3.63) is 66.2 Å². The molecule has 0 fully saturated rings. The molecule has 2 rings (SSSR count). The van der Waals surface area contributed by atoms with Crippen LogP contribution in [0.25, 0.3) is 0 Å². The molecule has 0 aliphatic carbocycles. The van der Waals surface area contributed by atoms with Crippen LogP contribution in [0.2, 0.25) is 13.1 Å². The highest BCUT2D eigenvalue weighted by Gasteiger charge is 2.08. The zero-order chi connectivity index (χ0) is 11.2. The van der Waals surface area contributed by atoms with Crippen molar-refractivity contribution in [3.8, 4) is 0 Å². The van der Waals surface area contributed by atoms with Gasteiger partial charge in [0, 0.05) is 0 Å². The maximum atomic E-state index is 2.30. The first-order valence-electron chi connectivity index (χ1n) is 5.95. The summed E-state index contributed by atoms with van der Waals surface area (Å²) in [6, 6.07) is 21.5. The first-order chi connectivity index (χ1) is 7.86. The van der Waals surface area contributed by atoms with Gasteiger partial charge in [0.1, 0.15) is 0 Å². The van der Waals surface area contributed by atoms with Crippen LogP contribution in [-0.2, 0) is 6.42 Å². The second-order valence-corrected chi connectivity index (χ2v) is 4.34. The van der Waals surface area contributed by atoms with Gasteiger partial charge in [-0.2, -0.15) is 0 Å². The summed E-state index contributed by atoms with van der Waals surface area (Å²) in [6.07, 6.45) is 2.38. The van der Waals surface area contributed by atoms with Gasteiger partial charge in [-0.25, -0.2) is 0 Å². The van der Waals surface area contributed by atoms with E-state index in [9.17, 15) is 0 Å². The topological polar surface area (TPSA) is 0 Å². The summed E-state index contributed by atoms with van der Waals surface area (Å²) in [7, 11) is 0. The van der Waals surface area contributed by atoms with Crippen LogP contribution in [0.5, 0.6) is 0 Å². The van der Waals surface area contributed by atoms with Crippen LogP contribution < -0.4 is 5.46 Å². The quantitative estimate of drug-likeness (QED) is 0.676. The minimum Gasteiger partial charge on any atom is -0.0817 e. The van der Waals surface area contributed by atoms with Gasteiger partial charge in [-0.05, 0) is 12.0 Å². The van der Waals surface area contributed by atoms with Gasteiger partial charge in [-0.15, -0.1) is 0 Å². The summed E-state index contributed by atoms with van der Waals surface area (Å²) < 4.78 is 0. The first-order valence-corrected chi connectivity index (χ1v) is 5.95. The summed E-state index contributed by atoms with van der Waals surface area (Å²) in [4.78, 5) is 0. The molecule has 0 aliphatic heterocycles. The van der Waals surface area contributed by atoms with Crippen LogP contribution >= 0.6 is 0 Å². The molecule has 2 aromatic rings. The summed E-state index contributed by atoms with van der Waals surface area (Å²) in [6.45, 7) is 2.94. The molecule has 2 aromatic carbocycles. The Morgan fingerprint density at radius 1 is 0.812 bits per heavy atom. The fourth-order valence-corrected chi connectivity index (χ4v) is 1.98. The molecular weight excluding hydrogens is 191 g/mol. The van der Waals surface area contributed by atoms with Crippen molar-refractivity contribution in [1.29, 1.82) is 0 Å². The fourth-order valence-electron chi connectivity index (χ4n) is 1.98. The Hall–Kier alpha value is -1.50. The molecule has 0 bridgehead atoms. The zero-order valence-electron chi connectivity index (χ0n) is 9.77. The minimum absolute atomic E-state index is 0.640. The van der Waals surface area contributed by atoms with Crippen LogP contribution in [0.3, 0.4) is 0 Å². The molecule has 0 radical (unpaired) electrons. The fraction of sp³-hybridized carbons (Fsp3) is 0.200. The Balaban J connectivity index is 1.92. The van der Waals surface area contributed by atoms with E-state index in [1.54, 1.807) is 0 Å². The predicted molar refractivity (Wildman–Crippen MR) is 72.6 cm³/mol. The van der Waals surface area contributed by atoms with Gasteiger partial charge in [-0.1, -0.05) is 79.3 Å². The predicted octanol–water partition coefficient (Wildman–Crippen LogP) is 3.26. The Bertz CT molecular complexity index is 408. The van der Waals surface area contributed by atoms with Crippen LogP contribution in [0.1, 0.15) is 5.56 Å². The molecule has 0 aliphatic rings. The van der Waals surface area contributed by atoms with Gasteiger partial charge in [0.25, 0.3) is 0 Å². The van der Waals surface area contributed by atoms with E-state index in [0.29, 0.717) is 6.71 Å². The van der Waals surface area contributed by atoms with Crippen molar-refractivity contribution in [3.63, 3.8) is 0 Å². The molecule has 0 heterocycles. The monoisotopic (exact) mass is 208 g/mol. The van der Waals surface area contributed by atoms with Crippen LogP contribution in [0.15, 0.2) is 60.7 Å². The van der Waals surface area contributed by atoms with Gasteiger partial charge in [0.05, 0.1) is 0 Å². The lowest BCUT2D eigenvalue weighted by molar-refractivity contribution is 1.12. The summed E-state index contributed by atoms with van der Waals surface area (Å²) in [5, 5.41) is 0. The molecule has 0 N–H and O–H groups in total. The normalized spacial score (nSPS) is 10.1. The summed E-state index contributed by atoms with van der Waals surface area (Å²) >= 11 is 0. The highest BCUT2D eigenvalue weighted by Crippen LogP contribution is 2.05. The van der Waals surface area contributed by atoms with Crippen molar-refractivity contribution in [2.45, 2.75) is 19.6 Å². The molecule has 0 unspecified atom stereocenters. The highest BCUT2D eigenvalue weighted by molar-refractivity contribution is 6.72. The van der Waals surface area contributed by atoms with Crippen molar-refractivity contribution >= 4 is 12.2 Å². The molecule has 16 heavy (non-hydrogen) atoms. The molecule has 0 atom stereocenters. The van der Waals surface area contributed by atoms with Gasteiger partial charge >= 0.3 is 0 Å². The lowest BCUT2D eigenvalue weighted by atomic mass is 9.44. The number of hydrogen-bond donors (Lipinski definition) is 0. The molecule has 0 aromatic heterocycles. The molecule has 0 saturated carbocycles. The number of rotatable bonds is 4. The minimum atomic E-state index is 0.640. The lowest BCUT2D eigenvalue weighted by Gasteiger charge is -2.08. The Morgan fingerprint density at radius 3 is 2.00 bits per heavy atom. The van der Waals surface area contributed by atoms with E-state index >= 15 is 0 Å². The van der Waals surface area contributed by atoms with Crippen LogP contribution in [0, 0.1) is 0 Å². The number of aryl methyl sites for hydroxylation is 1. The van der Waals surface area contributed by atoms with Crippen molar-refractivity contribution in [2.24, 2.45) is 0 Å². The van der Waals surface area contributed by atoms with E-state index in [2.05, 4.69) is 67.5 Å². The molecule has 80 valence electrons. The first kappa shape index (κ1) is 11.0. The van der Waals surface area contributed by atoms with Gasteiger partial charge in [0.2, 0.25) is 0 Å². The zero-order valence-corrected chi connectivity index (χ0v) is 9.77. The number of benzene rings is 2. The number of hydrogen-bond acceptors (Lipinski definition) is 0. The van der Waals surface area contributed by atoms with E-state index < -0.39 is 0 Å². The lowest BCUT2D eigenvalue weighted by Crippen LogP contribution is -2.26. The van der Waals surface area contributed by atoms with E-state index in [1.165, 1.54) is 17.3 Å². The SMILES string of the molecule is CB(CCc1ccccc1)c1ccccc1. The second-order valence-electron chi connectivity index (χ2n) is 4.34. The average molecular weight is 208 g/mol. The van der Waals surface area contributed by atoms with Gasteiger partial charge in [-0.3, -0.25) is 0 Å². The van der Waals surface area contributed by atoms with Crippen molar-refractivity contribution in [2.75, 3.05) is 0 Å². The Labute approximate surface area is 98.4 Å². The maximum Gasteiger partial charge on any atom is 0.173 e. The van der Waals surface area contributed by atoms with E-state index in [-0.39, 0.29) is 0 Å². The third kappa shape index (κ3) is 3.00. The van der Waals surface area contributed by atoms with Crippen LogP contribution in [0.4, 0.5) is 0 Å².